The first-order valence-electron chi connectivity index (χ1n) is 5.73. The third kappa shape index (κ3) is 10.3. The molecule has 0 aromatic rings. The number of carbonyl (C=O) groups excluding carboxylic acids is 3. The van der Waals surface area contributed by atoms with Gasteiger partial charge >= 0.3 is 105 Å². The Balaban J connectivity index is 3.98. The molecule has 16 heavy (non-hydrogen) atoms. The van der Waals surface area contributed by atoms with E-state index in [1.54, 1.807) is 20.8 Å². The Bertz CT molecular complexity index is 218. The fourth-order valence-corrected chi connectivity index (χ4v) is 9.62. The number of hydrogen-bond acceptors (Lipinski definition) is 3. The maximum atomic E-state index is 10.9. The van der Waals surface area contributed by atoms with E-state index in [4.69, 9.17) is 0 Å². The first-order chi connectivity index (χ1) is 7.41. The van der Waals surface area contributed by atoms with Crippen molar-refractivity contribution in [1.29, 1.82) is 0 Å². The molecule has 1 radical (unpaired) electrons. The molecular weight excluding hydrogens is 311 g/mol. The van der Waals surface area contributed by atoms with E-state index in [0.717, 1.165) is 13.3 Å². The van der Waals surface area contributed by atoms with E-state index in [1.807, 2.05) is 0 Å². The average molecular weight is 332 g/mol. The van der Waals surface area contributed by atoms with Crippen LogP contribution >= 0.6 is 0 Å². The van der Waals surface area contributed by atoms with Gasteiger partial charge in [-0.15, -0.1) is 0 Å². The monoisotopic (exact) mass is 333 g/mol. The van der Waals surface area contributed by atoms with Gasteiger partial charge in [0, 0.05) is 0 Å². The van der Waals surface area contributed by atoms with Gasteiger partial charge in [-0.1, -0.05) is 0 Å². The Morgan fingerprint density at radius 2 is 0.938 bits per heavy atom. The summed E-state index contributed by atoms with van der Waals surface area (Å²) in [5.74, 6) is 0.677. The van der Waals surface area contributed by atoms with Gasteiger partial charge in [-0.3, -0.25) is 0 Å². The van der Waals surface area contributed by atoms with E-state index in [1.165, 1.54) is 0 Å². The molecule has 0 aliphatic rings. The summed E-state index contributed by atoms with van der Waals surface area (Å²) >= 11 is -1.64. The molecule has 0 saturated carbocycles. The molecule has 0 aromatic carbocycles. The Kier molecular flexibility index (Phi) is 8.80. The van der Waals surface area contributed by atoms with Crippen molar-refractivity contribution in [3.63, 3.8) is 0 Å². The molecule has 4 heteroatoms. The van der Waals surface area contributed by atoms with E-state index in [9.17, 15) is 14.4 Å². The summed E-state index contributed by atoms with van der Waals surface area (Å²) in [6.07, 6.45) is 1.93. The van der Waals surface area contributed by atoms with E-state index in [0.29, 0.717) is 19.3 Å². The van der Waals surface area contributed by atoms with Gasteiger partial charge in [0.1, 0.15) is 0 Å². The zero-order valence-electron chi connectivity index (χ0n) is 10.5. The molecule has 91 valence electrons. The molecule has 0 fully saturated rings. The fourth-order valence-electron chi connectivity index (χ4n) is 1.43. The third-order valence-electron chi connectivity index (χ3n) is 2.49. The summed E-state index contributed by atoms with van der Waals surface area (Å²) in [5, 5.41) is 0. The van der Waals surface area contributed by atoms with Gasteiger partial charge in [0.05, 0.1) is 0 Å². The number of rotatable bonds is 9. The van der Waals surface area contributed by atoms with Crippen LogP contribution in [0.25, 0.3) is 0 Å². The predicted octanol–water partition coefficient (Wildman–Crippen LogP) is 2.42. The number of carbonyl (C=O) groups is 3. The summed E-state index contributed by atoms with van der Waals surface area (Å²) in [4.78, 5) is 32.8. The van der Waals surface area contributed by atoms with Crippen LogP contribution in [0.2, 0.25) is 13.3 Å². The van der Waals surface area contributed by atoms with Crippen molar-refractivity contribution in [2.75, 3.05) is 0 Å². The van der Waals surface area contributed by atoms with Crippen molar-refractivity contribution in [1.82, 2.24) is 0 Å². The van der Waals surface area contributed by atoms with Gasteiger partial charge in [0.15, 0.2) is 0 Å². The number of Topliss-reactive ketones (excluding diaryl/α,β-unsaturated/α-hetero) is 3. The van der Waals surface area contributed by atoms with Gasteiger partial charge in [0.25, 0.3) is 0 Å². The van der Waals surface area contributed by atoms with Crippen LogP contribution in [0.4, 0.5) is 0 Å². The molecule has 0 amide bonds. The van der Waals surface area contributed by atoms with Crippen LogP contribution in [-0.4, -0.2) is 37.1 Å². The van der Waals surface area contributed by atoms with Crippen molar-refractivity contribution in [2.45, 2.75) is 53.3 Å². The Labute approximate surface area is 105 Å². The van der Waals surface area contributed by atoms with Crippen LogP contribution in [0, 0.1) is 0 Å². The fraction of sp³-hybridized carbons (Fsp3) is 0.750. The molecule has 0 aromatic heterocycles. The molecule has 0 unspecified atom stereocenters. The Morgan fingerprint density at radius 3 is 1.12 bits per heavy atom. The van der Waals surface area contributed by atoms with Crippen LogP contribution in [0.1, 0.15) is 40.0 Å². The van der Waals surface area contributed by atoms with Gasteiger partial charge in [-0.05, 0) is 0 Å². The minimum absolute atomic E-state index is 0.226. The first-order valence-corrected chi connectivity index (χ1v) is 11.8. The first kappa shape index (κ1) is 15.8. The van der Waals surface area contributed by atoms with Crippen molar-refractivity contribution >= 4 is 37.1 Å². The van der Waals surface area contributed by atoms with Gasteiger partial charge in [0.2, 0.25) is 0 Å². The molecule has 3 nitrogen and oxygen atoms in total. The molecule has 0 N–H and O–H groups in total. The van der Waals surface area contributed by atoms with Crippen molar-refractivity contribution in [3.05, 3.63) is 0 Å². The van der Waals surface area contributed by atoms with Crippen molar-refractivity contribution in [3.8, 4) is 0 Å². The second-order valence-corrected chi connectivity index (χ2v) is 12.9. The van der Waals surface area contributed by atoms with Crippen molar-refractivity contribution < 1.29 is 14.4 Å². The molecular formula is C12H21O3Sn. The third-order valence-corrected chi connectivity index (χ3v) is 10.7. The van der Waals surface area contributed by atoms with Gasteiger partial charge in [-0.25, -0.2) is 0 Å². The molecule has 0 aliphatic carbocycles. The van der Waals surface area contributed by atoms with Crippen LogP contribution in [-0.2, 0) is 14.4 Å². The topological polar surface area (TPSA) is 51.2 Å². The van der Waals surface area contributed by atoms with E-state index in [2.05, 4.69) is 0 Å². The molecule has 0 heterocycles. The molecule has 0 saturated heterocycles. The second kappa shape index (κ2) is 8.90. The SMILES string of the molecule is CC(=O)C[CH2][Sn]([CH2]CC(C)=O)[CH2]CC(C)=O. The summed E-state index contributed by atoms with van der Waals surface area (Å²) in [5.41, 5.74) is 0. The van der Waals surface area contributed by atoms with E-state index in [-0.39, 0.29) is 17.3 Å². The zero-order chi connectivity index (χ0) is 12.6. The average Bonchev–Trinajstić information content (AvgIpc) is 2.15. The molecule has 0 rings (SSSR count). The summed E-state index contributed by atoms with van der Waals surface area (Å²) in [7, 11) is 0. The normalized spacial score (nSPS) is 10.5. The number of hydrogen-bond donors (Lipinski definition) is 0. The second-order valence-electron chi connectivity index (χ2n) is 4.36. The predicted molar refractivity (Wildman–Crippen MR) is 66.1 cm³/mol. The zero-order valence-corrected chi connectivity index (χ0v) is 13.3. The summed E-state index contributed by atoms with van der Waals surface area (Å²) < 4.78 is 2.99. The summed E-state index contributed by atoms with van der Waals surface area (Å²) in [6, 6.07) is 0. The quantitative estimate of drug-likeness (QED) is 0.610. The van der Waals surface area contributed by atoms with E-state index < -0.39 is 19.8 Å². The maximum absolute atomic E-state index is 10.9. The van der Waals surface area contributed by atoms with E-state index >= 15 is 0 Å². The molecule has 0 aliphatic heterocycles. The Hall–Kier alpha value is -0.191. The Morgan fingerprint density at radius 1 is 0.688 bits per heavy atom. The summed E-state index contributed by atoms with van der Waals surface area (Å²) in [6.45, 7) is 4.82. The van der Waals surface area contributed by atoms with Crippen LogP contribution < -0.4 is 0 Å². The minimum atomic E-state index is -1.64. The van der Waals surface area contributed by atoms with Crippen LogP contribution in [0.5, 0.6) is 0 Å². The van der Waals surface area contributed by atoms with Crippen LogP contribution in [0.3, 0.4) is 0 Å². The van der Waals surface area contributed by atoms with Crippen molar-refractivity contribution in [2.24, 2.45) is 0 Å². The molecule has 0 spiro atoms. The van der Waals surface area contributed by atoms with Gasteiger partial charge in [-0.2, -0.15) is 0 Å². The number of ketones is 3. The van der Waals surface area contributed by atoms with Gasteiger partial charge < -0.3 is 0 Å². The molecule has 0 bridgehead atoms. The molecule has 0 atom stereocenters. The standard InChI is InChI=1S/3C4H7O.Sn/c3*1-3-4(2)5;/h3*1,3H2,2H3;. The van der Waals surface area contributed by atoms with Crippen LogP contribution in [0.15, 0.2) is 0 Å².